The van der Waals surface area contributed by atoms with Gasteiger partial charge in [0.15, 0.2) is 0 Å². The summed E-state index contributed by atoms with van der Waals surface area (Å²) >= 11 is 7.89. The van der Waals surface area contributed by atoms with Gasteiger partial charge in [-0.25, -0.2) is 0 Å². The van der Waals surface area contributed by atoms with E-state index in [2.05, 4.69) is 16.5 Å². The van der Waals surface area contributed by atoms with Gasteiger partial charge in [-0.05, 0) is 24.7 Å². The van der Waals surface area contributed by atoms with Gasteiger partial charge in [-0.15, -0.1) is 0 Å². The molecule has 0 saturated carbocycles. The van der Waals surface area contributed by atoms with Crippen molar-refractivity contribution < 1.29 is 0 Å². The van der Waals surface area contributed by atoms with E-state index in [0.29, 0.717) is 0 Å². The van der Waals surface area contributed by atoms with Crippen LogP contribution in [0.4, 0.5) is 0 Å². The van der Waals surface area contributed by atoms with E-state index in [-0.39, 0.29) is 0 Å². The summed E-state index contributed by atoms with van der Waals surface area (Å²) in [5.74, 6) is 0. The van der Waals surface area contributed by atoms with Crippen LogP contribution in [0.15, 0.2) is 40.4 Å². The Balaban J connectivity index is 2.28. The molecule has 0 atom stereocenters. The van der Waals surface area contributed by atoms with Gasteiger partial charge in [-0.2, -0.15) is 5.10 Å². The zero-order chi connectivity index (χ0) is 12.3. The van der Waals surface area contributed by atoms with E-state index in [0.717, 1.165) is 22.0 Å². The first-order chi connectivity index (χ1) is 8.20. The van der Waals surface area contributed by atoms with Gasteiger partial charge in [0.25, 0.3) is 0 Å². The van der Waals surface area contributed by atoms with Crippen molar-refractivity contribution in [3.8, 4) is 0 Å². The molecule has 0 spiro atoms. The number of aryl methyl sites for hydroxylation is 1. The molecule has 0 fully saturated rings. The number of benzene rings is 1. The summed E-state index contributed by atoms with van der Waals surface area (Å²) in [4.78, 5) is 2.28. The highest BCUT2D eigenvalue weighted by molar-refractivity contribution is 7.99. The third-order valence-electron chi connectivity index (χ3n) is 2.34. The van der Waals surface area contributed by atoms with Gasteiger partial charge in [0.1, 0.15) is 0 Å². The molecule has 1 aromatic carbocycles. The molecular formula is C12H14ClN3S. The zero-order valence-electron chi connectivity index (χ0n) is 9.77. The minimum absolute atomic E-state index is 0.766. The highest BCUT2D eigenvalue weighted by Gasteiger charge is 2.08. The van der Waals surface area contributed by atoms with Gasteiger partial charge in [-0.3, -0.25) is 4.68 Å². The lowest BCUT2D eigenvalue weighted by Gasteiger charge is -2.09. The molecule has 5 heteroatoms. The Morgan fingerprint density at radius 2 is 2.29 bits per heavy atom. The second-order valence-electron chi connectivity index (χ2n) is 3.70. The molecule has 90 valence electrons. The summed E-state index contributed by atoms with van der Waals surface area (Å²) < 4.78 is 1.80. The summed E-state index contributed by atoms with van der Waals surface area (Å²) in [5.41, 5.74) is 1.13. The molecule has 0 aliphatic heterocycles. The van der Waals surface area contributed by atoms with Crippen LogP contribution in [0.5, 0.6) is 0 Å². The summed E-state index contributed by atoms with van der Waals surface area (Å²) in [6.45, 7) is 0.766. The average molecular weight is 268 g/mol. The maximum atomic E-state index is 6.21. The summed E-state index contributed by atoms with van der Waals surface area (Å²) in [5, 5.41) is 8.09. The van der Waals surface area contributed by atoms with Crippen LogP contribution in [-0.2, 0) is 13.6 Å². The maximum absolute atomic E-state index is 6.21. The van der Waals surface area contributed by atoms with E-state index in [4.69, 9.17) is 11.6 Å². The topological polar surface area (TPSA) is 29.9 Å². The van der Waals surface area contributed by atoms with Crippen LogP contribution < -0.4 is 5.32 Å². The molecule has 1 heterocycles. The first-order valence-electron chi connectivity index (χ1n) is 5.29. The molecule has 0 saturated heterocycles. The van der Waals surface area contributed by atoms with Gasteiger partial charge in [-0.1, -0.05) is 29.4 Å². The summed E-state index contributed by atoms with van der Waals surface area (Å²) in [7, 11) is 3.83. The molecule has 0 amide bonds. The molecule has 0 aliphatic rings. The van der Waals surface area contributed by atoms with E-state index < -0.39 is 0 Å². The first-order valence-corrected chi connectivity index (χ1v) is 6.48. The molecule has 0 aliphatic carbocycles. The quantitative estimate of drug-likeness (QED) is 0.924. The Morgan fingerprint density at radius 1 is 1.47 bits per heavy atom. The van der Waals surface area contributed by atoms with E-state index in [1.807, 2.05) is 38.6 Å². The summed E-state index contributed by atoms with van der Waals surface area (Å²) in [6.07, 6.45) is 3.85. The molecule has 1 aromatic heterocycles. The second-order valence-corrected chi connectivity index (χ2v) is 5.22. The fourth-order valence-corrected chi connectivity index (χ4v) is 2.87. The molecule has 17 heavy (non-hydrogen) atoms. The molecule has 1 N–H and O–H groups in total. The number of nitrogens with one attached hydrogen (secondary N) is 1. The lowest BCUT2D eigenvalue weighted by Crippen LogP contribution is -2.06. The largest absolute Gasteiger partial charge is 0.316 e. The van der Waals surface area contributed by atoms with Gasteiger partial charge in [0.2, 0.25) is 0 Å². The highest BCUT2D eigenvalue weighted by Crippen LogP contribution is 2.33. The fourth-order valence-electron chi connectivity index (χ4n) is 1.56. The monoisotopic (exact) mass is 267 g/mol. The van der Waals surface area contributed by atoms with Crippen molar-refractivity contribution in [3.05, 3.63) is 41.2 Å². The summed E-state index contributed by atoms with van der Waals surface area (Å²) in [6, 6.07) is 5.97. The first kappa shape index (κ1) is 12.5. The number of nitrogens with zero attached hydrogens (tertiary/aromatic N) is 2. The SMILES string of the molecule is CNCc1c(Cl)cccc1Sc1cnn(C)c1. The normalized spacial score (nSPS) is 10.8. The van der Waals surface area contributed by atoms with Crippen LogP contribution in [0.25, 0.3) is 0 Å². The van der Waals surface area contributed by atoms with Crippen LogP contribution in [0.3, 0.4) is 0 Å². The maximum Gasteiger partial charge on any atom is 0.0629 e. The van der Waals surface area contributed by atoms with Crippen molar-refractivity contribution in [2.75, 3.05) is 7.05 Å². The molecule has 0 bridgehead atoms. The van der Waals surface area contributed by atoms with Crippen molar-refractivity contribution in [2.45, 2.75) is 16.3 Å². The van der Waals surface area contributed by atoms with Crippen molar-refractivity contribution >= 4 is 23.4 Å². The van der Waals surface area contributed by atoms with E-state index in [1.54, 1.807) is 16.4 Å². The number of hydrogen-bond acceptors (Lipinski definition) is 3. The van der Waals surface area contributed by atoms with Crippen molar-refractivity contribution in [1.29, 1.82) is 0 Å². The number of aromatic nitrogens is 2. The molecule has 0 radical (unpaired) electrons. The third-order valence-corrected chi connectivity index (χ3v) is 3.74. The standard InChI is InChI=1S/C12H14ClN3S/c1-14-7-10-11(13)4-3-5-12(10)17-9-6-15-16(2)8-9/h3-6,8,14H,7H2,1-2H3. The van der Waals surface area contributed by atoms with Gasteiger partial charge >= 0.3 is 0 Å². The Bertz CT molecular complexity index is 510. The van der Waals surface area contributed by atoms with Crippen molar-refractivity contribution in [1.82, 2.24) is 15.1 Å². The zero-order valence-corrected chi connectivity index (χ0v) is 11.3. The molecular weight excluding hydrogens is 254 g/mol. The van der Waals surface area contributed by atoms with E-state index in [9.17, 15) is 0 Å². The minimum atomic E-state index is 0.766. The van der Waals surface area contributed by atoms with Gasteiger partial charge in [0.05, 0.1) is 11.1 Å². The Kier molecular flexibility index (Phi) is 4.10. The lowest BCUT2D eigenvalue weighted by molar-refractivity contribution is 0.766. The smallest absolute Gasteiger partial charge is 0.0629 e. The number of hydrogen-bond donors (Lipinski definition) is 1. The molecule has 3 nitrogen and oxygen atoms in total. The van der Waals surface area contributed by atoms with E-state index >= 15 is 0 Å². The lowest BCUT2D eigenvalue weighted by atomic mass is 10.2. The highest BCUT2D eigenvalue weighted by atomic mass is 35.5. The van der Waals surface area contributed by atoms with E-state index in [1.165, 1.54) is 4.90 Å². The Morgan fingerprint density at radius 3 is 2.94 bits per heavy atom. The van der Waals surface area contributed by atoms with Crippen LogP contribution >= 0.6 is 23.4 Å². The fraction of sp³-hybridized carbons (Fsp3) is 0.250. The molecule has 2 rings (SSSR count). The van der Waals surface area contributed by atoms with Crippen molar-refractivity contribution in [3.63, 3.8) is 0 Å². The Hall–Kier alpha value is -0.970. The minimum Gasteiger partial charge on any atom is -0.316 e. The van der Waals surface area contributed by atoms with Gasteiger partial charge in [0, 0.05) is 29.7 Å². The Labute approximate surface area is 110 Å². The van der Waals surface area contributed by atoms with Crippen LogP contribution in [0, 0.1) is 0 Å². The molecule has 0 unspecified atom stereocenters. The van der Waals surface area contributed by atoms with Crippen molar-refractivity contribution in [2.24, 2.45) is 7.05 Å². The number of rotatable bonds is 4. The predicted molar refractivity (Wildman–Crippen MR) is 71.5 cm³/mol. The number of halogens is 1. The van der Waals surface area contributed by atoms with Crippen LogP contribution in [0.1, 0.15) is 5.56 Å². The van der Waals surface area contributed by atoms with Gasteiger partial charge < -0.3 is 5.32 Å². The average Bonchev–Trinajstić information content (AvgIpc) is 2.69. The predicted octanol–water partition coefficient (Wildman–Crippen LogP) is 2.94. The van der Waals surface area contributed by atoms with Crippen LogP contribution in [0.2, 0.25) is 5.02 Å². The third kappa shape index (κ3) is 3.03. The molecule has 2 aromatic rings. The second kappa shape index (κ2) is 5.58. The van der Waals surface area contributed by atoms with Crippen LogP contribution in [-0.4, -0.2) is 16.8 Å².